The first-order valence-corrected chi connectivity index (χ1v) is 23.6. The van der Waals surface area contributed by atoms with Gasteiger partial charge in [0.15, 0.2) is 19.7 Å². The van der Waals surface area contributed by atoms with Crippen LogP contribution in [0.3, 0.4) is 0 Å². The van der Waals surface area contributed by atoms with Crippen LogP contribution in [0.15, 0.2) is 51.9 Å². The molecule has 1 aliphatic rings. The van der Waals surface area contributed by atoms with Crippen molar-refractivity contribution in [2.75, 3.05) is 46.4 Å². The standard InChI is InChI=1S/C34H49N3O13P2S2/c1-6-9-14-46-52(40,47-15-10-7-2)48-25-37-27(23-51(39)44-16-11-17-45-51)24-53-34(37)36-33(38)26-18-30(49-28(8-3)22-43-4)20-31(19-26)50-29-12-13-32(35-21-29)54(5,41)42/h12-13,18-21,24,28H,6-11,14-17,22-23,25H2,1-5H3/t28-/m0/s1. The SMILES string of the molecule is CCCCOP(=O)(OCCCC)OCn1c(CP2(=O)OCCCO2)csc1=NC(=O)c1cc(Oc2ccc(S(C)(=O)=O)nc2)cc(O[C@@H](CC)COC)c1. The Kier molecular flexibility index (Phi) is 17.1. The number of thiazole rings is 1. The van der Waals surface area contributed by atoms with E-state index in [-0.39, 0.29) is 77.9 Å². The van der Waals surface area contributed by atoms with Crippen molar-refractivity contribution in [1.82, 2.24) is 9.55 Å². The first-order valence-electron chi connectivity index (χ1n) is 17.6. The first kappa shape index (κ1) is 44.0. The number of carbonyl (C=O) groups excluding carboxylic acids is 1. The number of carbonyl (C=O) groups is 1. The molecule has 3 aromatic rings. The molecule has 0 saturated carbocycles. The Morgan fingerprint density at radius 3 is 2.31 bits per heavy atom. The van der Waals surface area contributed by atoms with Gasteiger partial charge in [0, 0.05) is 36.1 Å². The van der Waals surface area contributed by atoms with Crippen molar-refractivity contribution in [1.29, 1.82) is 0 Å². The highest BCUT2D eigenvalue weighted by Gasteiger charge is 2.32. The second-order valence-electron chi connectivity index (χ2n) is 12.2. The third-order valence-electron chi connectivity index (χ3n) is 7.70. The topological polar surface area (TPSA) is 189 Å². The first-order chi connectivity index (χ1) is 25.8. The summed E-state index contributed by atoms with van der Waals surface area (Å²) in [5, 5.41) is 1.53. The Labute approximate surface area is 320 Å². The highest BCUT2D eigenvalue weighted by molar-refractivity contribution is 7.90. The minimum atomic E-state index is -4.05. The molecule has 4 rings (SSSR count). The molecule has 1 saturated heterocycles. The summed E-state index contributed by atoms with van der Waals surface area (Å²) in [6.07, 6.45) is 5.88. The van der Waals surface area contributed by atoms with Gasteiger partial charge in [0.25, 0.3) is 5.91 Å². The zero-order chi connectivity index (χ0) is 39.2. The van der Waals surface area contributed by atoms with Gasteiger partial charge in [-0.05, 0) is 49.9 Å². The number of hydrogen-bond donors (Lipinski definition) is 0. The number of hydrogen-bond acceptors (Lipinski definition) is 15. The average molecular weight is 834 g/mol. The molecule has 300 valence electrons. The number of sulfone groups is 1. The van der Waals surface area contributed by atoms with Gasteiger partial charge in [-0.25, -0.2) is 18.0 Å². The molecular weight excluding hydrogens is 784 g/mol. The van der Waals surface area contributed by atoms with Gasteiger partial charge in [0.1, 0.15) is 30.1 Å². The van der Waals surface area contributed by atoms with E-state index in [4.69, 9.17) is 36.8 Å². The molecule has 1 aromatic carbocycles. The van der Waals surface area contributed by atoms with Crippen molar-refractivity contribution in [2.24, 2.45) is 4.99 Å². The van der Waals surface area contributed by atoms with E-state index in [1.165, 1.54) is 35.0 Å². The lowest BCUT2D eigenvalue weighted by atomic mass is 10.2. The van der Waals surface area contributed by atoms with E-state index in [1.807, 2.05) is 20.8 Å². The van der Waals surface area contributed by atoms with Crippen LogP contribution in [0, 0.1) is 0 Å². The van der Waals surface area contributed by atoms with Gasteiger partial charge >= 0.3 is 15.4 Å². The summed E-state index contributed by atoms with van der Waals surface area (Å²) < 4.78 is 97.8. The maximum atomic E-state index is 13.9. The van der Waals surface area contributed by atoms with E-state index in [2.05, 4.69) is 9.98 Å². The van der Waals surface area contributed by atoms with Crippen LogP contribution in [0.2, 0.25) is 0 Å². The fourth-order valence-electron chi connectivity index (χ4n) is 4.76. The Bertz CT molecular complexity index is 1930. The molecule has 16 nitrogen and oxygen atoms in total. The van der Waals surface area contributed by atoms with Crippen LogP contribution in [-0.2, 0) is 59.2 Å². The molecule has 0 aliphatic carbocycles. The Balaban J connectivity index is 1.72. The summed E-state index contributed by atoms with van der Waals surface area (Å²) in [7, 11) is -9.57. The molecule has 3 heterocycles. The molecule has 1 atom stereocenters. The molecular formula is C34H49N3O13P2S2. The number of amides is 1. The Hall–Kier alpha value is -2.76. The van der Waals surface area contributed by atoms with E-state index in [1.54, 1.807) is 18.6 Å². The Morgan fingerprint density at radius 1 is 1.04 bits per heavy atom. The summed E-state index contributed by atoms with van der Waals surface area (Å²) in [5.74, 6) is -0.00568. The molecule has 0 radical (unpaired) electrons. The molecule has 54 heavy (non-hydrogen) atoms. The number of unbranched alkanes of at least 4 members (excludes halogenated alkanes) is 2. The van der Waals surface area contributed by atoms with Crippen LogP contribution >= 0.6 is 26.8 Å². The minimum absolute atomic E-state index is 0.0844. The highest BCUT2D eigenvalue weighted by Crippen LogP contribution is 2.54. The van der Waals surface area contributed by atoms with Crippen molar-refractivity contribution >= 4 is 42.5 Å². The lowest BCUT2D eigenvalue weighted by Gasteiger charge is -2.23. The lowest BCUT2D eigenvalue weighted by molar-refractivity contribution is 0.0784. The fraction of sp³-hybridized carbons (Fsp3) is 0.559. The van der Waals surface area contributed by atoms with E-state index in [0.29, 0.717) is 31.4 Å². The van der Waals surface area contributed by atoms with E-state index in [9.17, 15) is 22.3 Å². The Morgan fingerprint density at radius 2 is 1.72 bits per heavy atom. The van der Waals surface area contributed by atoms with Gasteiger partial charge in [-0.3, -0.25) is 27.5 Å². The average Bonchev–Trinajstić information content (AvgIpc) is 3.50. The van der Waals surface area contributed by atoms with E-state index in [0.717, 1.165) is 30.4 Å². The molecule has 0 bridgehead atoms. The summed E-state index contributed by atoms with van der Waals surface area (Å²) >= 11 is 1.07. The van der Waals surface area contributed by atoms with Gasteiger partial charge in [-0.2, -0.15) is 4.99 Å². The number of methoxy groups -OCH3 is 1. The molecule has 1 aliphatic heterocycles. The second kappa shape index (κ2) is 21.0. The van der Waals surface area contributed by atoms with E-state index < -0.39 is 37.9 Å². The van der Waals surface area contributed by atoms with Crippen LogP contribution in [0.4, 0.5) is 0 Å². The van der Waals surface area contributed by atoms with Crippen molar-refractivity contribution in [3.63, 3.8) is 0 Å². The van der Waals surface area contributed by atoms with Crippen molar-refractivity contribution < 1.29 is 59.2 Å². The molecule has 0 N–H and O–H groups in total. The largest absolute Gasteiger partial charge is 0.488 e. The number of rotatable bonds is 22. The minimum Gasteiger partial charge on any atom is -0.488 e. The summed E-state index contributed by atoms with van der Waals surface area (Å²) in [6, 6.07) is 7.30. The number of benzene rings is 1. The zero-order valence-corrected chi connectivity index (χ0v) is 34.6. The molecule has 1 fully saturated rings. The highest BCUT2D eigenvalue weighted by atomic mass is 32.2. The van der Waals surface area contributed by atoms with Crippen LogP contribution in [0.25, 0.3) is 0 Å². The van der Waals surface area contributed by atoms with Crippen molar-refractivity contribution in [2.45, 2.75) is 83.3 Å². The maximum Gasteiger partial charge on any atom is 0.476 e. The second-order valence-corrected chi connectivity index (χ2v) is 18.7. The quantitative estimate of drug-likeness (QED) is 0.0713. The molecule has 20 heteroatoms. The number of nitrogens with zero attached hydrogens (tertiary/aromatic N) is 3. The van der Waals surface area contributed by atoms with Crippen molar-refractivity contribution in [3.8, 4) is 17.2 Å². The molecule has 2 aromatic heterocycles. The predicted octanol–water partition coefficient (Wildman–Crippen LogP) is 7.53. The zero-order valence-electron chi connectivity index (χ0n) is 31.2. The summed E-state index contributed by atoms with van der Waals surface area (Å²) in [6.45, 7) is 6.57. The molecule has 1 amide bonds. The normalized spacial score (nSPS) is 15.6. The van der Waals surface area contributed by atoms with Crippen LogP contribution in [0.1, 0.15) is 75.3 Å². The number of phosphoric ester groups is 1. The summed E-state index contributed by atoms with van der Waals surface area (Å²) in [5.41, 5.74) is 0.489. The number of aromatic nitrogens is 2. The van der Waals surface area contributed by atoms with Gasteiger partial charge < -0.3 is 23.3 Å². The monoisotopic (exact) mass is 833 g/mol. The van der Waals surface area contributed by atoms with Crippen LogP contribution < -0.4 is 14.3 Å². The number of phosphoric acid groups is 1. The van der Waals surface area contributed by atoms with Gasteiger partial charge in [-0.15, -0.1) is 11.3 Å². The van der Waals surface area contributed by atoms with Crippen LogP contribution in [-0.4, -0.2) is 76.4 Å². The van der Waals surface area contributed by atoms with Crippen molar-refractivity contribution in [3.05, 3.63) is 58.0 Å². The van der Waals surface area contributed by atoms with Gasteiger partial charge in [-0.1, -0.05) is 33.6 Å². The smallest absolute Gasteiger partial charge is 0.476 e. The number of ether oxygens (including phenoxy) is 3. The predicted molar refractivity (Wildman–Crippen MR) is 201 cm³/mol. The summed E-state index contributed by atoms with van der Waals surface area (Å²) in [4.78, 5) is 22.4. The third-order valence-corrected chi connectivity index (χ3v) is 12.9. The van der Waals surface area contributed by atoms with Crippen LogP contribution in [0.5, 0.6) is 17.2 Å². The van der Waals surface area contributed by atoms with Gasteiger partial charge in [0.2, 0.25) is 0 Å². The lowest BCUT2D eigenvalue weighted by Crippen LogP contribution is -2.22. The van der Waals surface area contributed by atoms with Gasteiger partial charge in [0.05, 0.1) is 45.4 Å². The third kappa shape index (κ3) is 13.5. The maximum absolute atomic E-state index is 13.9. The van der Waals surface area contributed by atoms with E-state index >= 15 is 0 Å². The molecule has 0 spiro atoms. The number of pyridine rings is 1. The fourth-order valence-corrected chi connectivity index (χ4v) is 9.25. The molecule has 0 unspecified atom stereocenters.